The Bertz CT molecular complexity index is 680. The van der Waals surface area contributed by atoms with Gasteiger partial charge in [0.25, 0.3) is 0 Å². The highest BCUT2D eigenvalue weighted by Crippen LogP contribution is 2.27. The molecule has 5 nitrogen and oxygen atoms in total. The Hall–Kier alpha value is -2.14. The molecule has 3 N–H and O–H groups in total. The molecule has 0 amide bonds. The van der Waals surface area contributed by atoms with E-state index in [1.54, 1.807) is 6.33 Å². The number of nitrogens with zero attached hydrogens (tertiary/aromatic N) is 2. The molecular formula is C13H15N5. The minimum atomic E-state index is 0.751. The summed E-state index contributed by atoms with van der Waals surface area (Å²) in [6, 6.07) is 6.22. The topological polar surface area (TPSA) is 69.4 Å². The zero-order valence-corrected chi connectivity index (χ0v) is 10.4. The molecule has 0 spiro atoms. The number of aromatic amines is 2. The van der Waals surface area contributed by atoms with Crippen LogP contribution in [0.5, 0.6) is 0 Å². The van der Waals surface area contributed by atoms with E-state index in [0.29, 0.717) is 0 Å². The Kier molecular flexibility index (Phi) is 2.60. The molecule has 0 aliphatic rings. The second-order valence-electron chi connectivity index (χ2n) is 4.34. The Morgan fingerprint density at radius 2 is 2.22 bits per heavy atom. The normalized spacial score (nSPS) is 11.2. The summed E-state index contributed by atoms with van der Waals surface area (Å²) in [7, 11) is 1.92. The Morgan fingerprint density at radius 3 is 3.06 bits per heavy atom. The average Bonchev–Trinajstić information content (AvgIpc) is 2.96. The highest BCUT2D eigenvalue weighted by molar-refractivity contribution is 5.82. The molecule has 0 saturated heterocycles. The molecule has 2 heterocycles. The minimum Gasteiger partial charge on any atom is -0.345 e. The van der Waals surface area contributed by atoms with Crippen LogP contribution >= 0.6 is 0 Å². The maximum absolute atomic E-state index is 4.34. The number of H-pyrrole nitrogens is 2. The molecule has 0 saturated carbocycles. The summed E-state index contributed by atoms with van der Waals surface area (Å²) in [6.45, 7) is 2.79. The molecule has 1 aromatic carbocycles. The Labute approximate surface area is 105 Å². The average molecular weight is 241 g/mol. The molecular weight excluding hydrogens is 226 g/mol. The number of hydrogen-bond acceptors (Lipinski definition) is 3. The van der Waals surface area contributed by atoms with Crippen molar-refractivity contribution in [1.29, 1.82) is 0 Å². The third-order valence-corrected chi connectivity index (χ3v) is 3.08. The molecule has 18 heavy (non-hydrogen) atoms. The smallest absolute Gasteiger partial charge is 0.0931 e. The highest BCUT2D eigenvalue weighted by atomic mass is 15.1. The molecule has 3 rings (SSSR count). The maximum atomic E-state index is 4.34. The van der Waals surface area contributed by atoms with Crippen molar-refractivity contribution in [3.05, 3.63) is 35.9 Å². The number of fused-ring (bicyclic) bond motifs is 1. The van der Waals surface area contributed by atoms with Crippen LogP contribution in [0.15, 0.2) is 24.5 Å². The van der Waals surface area contributed by atoms with Crippen molar-refractivity contribution in [1.82, 2.24) is 25.5 Å². The first-order valence-corrected chi connectivity index (χ1v) is 5.91. The number of imidazole rings is 1. The molecule has 0 aliphatic heterocycles. The molecule has 0 fully saturated rings. The predicted molar refractivity (Wildman–Crippen MR) is 71.2 cm³/mol. The monoisotopic (exact) mass is 241 g/mol. The Balaban J connectivity index is 2.15. The summed E-state index contributed by atoms with van der Waals surface area (Å²) in [5.41, 5.74) is 6.47. The van der Waals surface area contributed by atoms with Crippen LogP contribution in [0.25, 0.3) is 22.2 Å². The van der Waals surface area contributed by atoms with Gasteiger partial charge in [0, 0.05) is 17.8 Å². The van der Waals surface area contributed by atoms with Gasteiger partial charge in [-0.1, -0.05) is 6.07 Å². The van der Waals surface area contributed by atoms with E-state index >= 15 is 0 Å². The lowest BCUT2D eigenvalue weighted by molar-refractivity contribution is 0.785. The van der Waals surface area contributed by atoms with E-state index in [1.165, 1.54) is 5.56 Å². The number of nitrogens with one attached hydrogen (secondary N) is 3. The predicted octanol–water partition coefficient (Wildman–Crippen LogP) is 1.98. The fourth-order valence-corrected chi connectivity index (χ4v) is 2.25. The fraction of sp³-hybridized carbons (Fsp3) is 0.231. The van der Waals surface area contributed by atoms with Crippen molar-refractivity contribution in [3.63, 3.8) is 0 Å². The van der Waals surface area contributed by atoms with E-state index in [2.05, 4.69) is 37.6 Å². The lowest BCUT2D eigenvalue weighted by atomic mass is 10.0. The fourth-order valence-electron chi connectivity index (χ4n) is 2.25. The molecule has 92 valence electrons. The number of benzene rings is 1. The third-order valence-electron chi connectivity index (χ3n) is 3.08. The van der Waals surface area contributed by atoms with Gasteiger partial charge in [-0.05, 0) is 31.7 Å². The molecule has 3 aromatic rings. The van der Waals surface area contributed by atoms with Gasteiger partial charge in [0.05, 0.1) is 23.1 Å². The first-order chi connectivity index (χ1) is 8.79. The van der Waals surface area contributed by atoms with E-state index in [4.69, 9.17) is 0 Å². The standard InChI is InChI=1S/C13H15N5/c1-8-13(12(6-14-2)18-17-8)9-3-4-10-11(5-9)16-7-15-10/h3-5,7,14H,6H2,1-2H3,(H,15,16)(H,17,18). The third kappa shape index (κ3) is 1.69. The second kappa shape index (κ2) is 4.27. The van der Waals surface area contributed by atoms with Crippen molar-refractivity contribution in [2.75, 3.05) is 7.05 Å². The largest absolute Gasteiger partial charge is 0.345 e. The number of hydrogen-bond donors (Lipinski definition) is 3. The molecule has 0 atom stereocenters. The van der Waals surface area contributed by atoms with E-state index in [9.17, 15) is 0 Å². The summed E-state index contributed by atoms with van der Waals surface area (Å²) < 4.78 is 0. The molecule has 0 unspecified atom stereocenters. The summed E-state index contributed by atoms with van der Waals surface area (Å²) in [5, 5.41) is 10.5. The van der Waals surface area contributed by atoms with Gasteiger partial charge < -0.3 is 10.3 Å². The van der Waals surface area contributed by atoms with E-state index < -0.39 is 0 Å². The summed E-state index contributed by atoms with van der Waals surface area (Å²) in [6.07, 6.45) is 1.71. The molecule has 2 aromatic heterocycles. The van der Waals surface area contributed by atoms with Gasteiger partial charge in [-0.15, -0.1) is 0 Å². The van der Waals surface area contributed by atoms with Crippen LogP contribution in [0, 0.1) is 6.92 Å². The van der Waals surface area contributed by atoms with Gasteiger partial charge in [-0.3, -0.25) is 5.10 Å². The minimum absolute atomic E-state index is 0.751. The first kappa shape index (κ1) is 11.0. The summed E-state index contributed by atoms with van der Waals surface area (Å²) >= 11 is 0. The number of aromatic nitrogens is 4. The number of rotatable bonds is 3. The van der Waals surface area contributed by atoms with Crippen molar-refractivity contribution in [3.8, 4) is 11.1 Å². The van der Waals surface area contributed by atoms with Crippen LogP contribution in [0.1, 0.15) is 11.4 Å². The van der Waals surface area contributed by atoms with Gasteiger partial charge in [-0.25, -0.2) is 4.98 Å². The van der Waals surface area contributed by atoms with Crippen LogP contribution in [0.3, 0.4) is 0 Å². The molecule has 0 aliphatic carbocycles. The van der Waals surface area contributed by atoms with Crippen LogP contribution < -0.4 is 5.32 Å². The highest BCUT2D eigenvalue weighted by Gasteiger charge is 2.12. The van der Waals surface area contributed by atoms with Crippen LogP contribution in [-0.4, -0.2) is 27.2 Å². The van der Waals surface area contributed by atoms with Crippen LogP contribution in [-0.2, 0) is 6.54 Å². The van der Waals surface area contributed by atoms with Crippen LogP contribution in [0.4, 0.5) is 0 Å². The van der Waals surface area contributed by atoms with Gasteiger partial charge in [0.1, 0.15) is 0 Å². The van der Waals surface area contributed by atoms with E-state index in [-0.39, 0.29) is 0 Å². The van der Waals surface area contributed by atoms with Gasteiger partial charge >= 0.3 is 0 Å². The Morgan fingerprint density at radius 1 is 1.33 bits per heavy atom. The quantitative estimate of drug-likeness (QED) is 0.656. The van der Waals surface area contributed by atoms with Gasteiger partial charge in [0.2, 0.25) is 0 Å². The molecule has 5 heteroatoms. The lowest BCUT2D eigenvalue weighted by Gasteiger charge is -2.04. The molecule has 0 bridgehead atoms. The summed E-state index contributed by atoms with van der Waals surface area (Å²) in [5.74, 6) is 0. The van der Waals surface area contributed by atoms with Gasteiger partial charge in [0.15, 0.2) is 0 Å². The van der Waals surface area contributed by atoms with Gasteiger partial charge in [-0.2, -0.15) is 5.10 Å². The second-order valence-corrected chi connectivity index (χ2v) is 4.34. The van der Waals surface area contributed by atoms with Crippen molar-refractivity contribution >= 4 is 11.0 Å². The SMILES string of the molecule is CNCc1n[nH]c(C)c1-c1ccc2nc[nH]c2c1. The molecule has 0 radical (unpaired) electrons. The zero-order chi connectivity index (χ0) is 12.5. The summed E-state index contributed by atoms with van der Waals surface area (Å²) in [4.78, 5) is 7.37. The first-order valence-electron chi connectivity index (χ1n) is 5.91. The van der Waals surface area contributed by atoms with Crippen molar-refractivity contribution < 1.29 is 0 Å². The zero-order valence-electron chi connectivity index (χ0n) is 10.4. The number of aryl methyl sites for hydroxylation is 1. The van der Waals surface area contributed by atoms with Crippen molar-refractivity contribution in [2.45, 2.75) is 13.5 Å². The van der Waals surface area contributed by atoms with Crippen molar-refractivity contribution in [2.24, 2.45) is 0 Å². The van der Waals surface area contributed by atoms with Crippen LogP contribution in [0.2, 0.25) is 0 Å². The van der Waals surface area contributed by atoms with E-state index in [0.717, 1.165) is 34.5 Å². The van der Waals surface area contributed by atoms with E-state index in [1.807, 2.05) is 20.0 Å². The lowest BCUT2D eigenvalue weighted by Crippen LogP contribution is -2.06. The maximum Gasteiger partial charge on any atom is 0.0931 e.